The van der Waals surface area contributed by atoms with Gasteiger partial charge in [0, 0.05) is 30.8 Å². The molecule has 0 unspecified atom stereocenters. The zero-order valence-electron chi connectivity index (χ0n) is 13.9. The lowest BCUT2D eigenvalue weighted by molar-refractivity contribution is -0.297. The Morgan fingerprint density at radius 2 is 1.62 bits per heavy atom. The number of rotatable bonds is 4. The molecule has 6 heteroatoms. The van der Waals surface area contributed by atoms with E-state index in [4.69, 9.17) is 4.74 Å². The van der Waals surface area contributed by atoms with Gasteiger partial charge in [0.1, 0.15) is 5.54 Å². The van der Waals surface area contributed by atoms with Gasteiger partial charge < -0.3 is 10.1 Å². The van der Waals surface area contributed by atoms with Crippen molar-refractivity contribution >= 4 is 11.9 Å². The predicted octanol–water partition coefficient (Wildman–Crippen LogP) is 1.81. The summed E-state index contributed by atoms with van der Waals surface area (Å²) in [5, 5.41) is 16.2. The number of piperidine rings is 1. The molecule has 6 nitrogen and oxygen atoms in total. The maximum absolute atomic E-state index is 12.5. The number of carbonyl (C=O) groups is 2. The van der Waals surface area contributed by atoms with Gasteiger partial charge in [-0.1, -0.05) is 6.92 Å². The first-order valence-electron chi connectivity index (χ1n) is 7.40. The SMILES string of the molecule is CCCOC(=O)C1(NC(C)=O)CC(C)(C)N([O])C(C)(C)C1. The highest BCUT2D eigenvalue weighted by molar-refractivity contribution is 5.87. The third-order valence-corrected chi connectivity index (χ3v) is 3.81. The zero-order valence-corrected chi connectivity index (χ0v) is 13.9. The fourth-order valence-electron chi connectivity index (χ4n) is 3.46. The molecule has 1 rings (SSSR count). The third kappa shape index (κ3) is 3.74. The van der Waals surface area contributed by atoms with Crippen LogP contribution in [0.3, 0.4) is 0 Å². The number of carbonyl (C=O) groups excluding carboxylic acids is 2. The molecule has 1 N–H and O–H groups in total. The molecule has 1 aliphatic heterocycles. The van der Waals surface area contributed by atoms with Crippen LogP contribution in [0, 0.1) is 0 Å². The van der Waals surface area contributed by atoms with Crippen molar-refractivity contribution in [3.63, 3.8) is 0 Å². The molecule has 0 bridgehead atoms. The molecule has 21 heavy (non-hydrogen) atoms. The van der Waals surface area contributed by atoms with Crippen molar-refractivity contribution < 1.29 is 19.5 Å². The number of hydroxylamine groups is 2. The Morgan fingerprint density at radius 1 is 1.14 bits per heavy atom. The average molecular weight is 299 g/mol. The maximum Gasteiger partial charge on any atom is 0.331 e. The van der Waals surface area contributed by atoms with Crippen LogP contribution in [-0.2, 0) is 19.5 Å². The van der Waals surface area contributed by atoms with E-state index in [1.54, 1.807) is 27.7 Å². The lowest BCUT2D eigenvalue weighted by atomic mass is 9.70. The second-order valence-electron chi connectivity index (χ2n) is 7.17. The van der Waals surface area contributed by atoms with Crippen LogP contribution in [0.4, 0.5) is 0 Å². The first kappa shape index (κ1) is 17.9. The summed E-state index contributed by atoms with van der Waals surface area (Å²) >= 11 is 0. The third-order valence-electron chi connectivity index (χ3n) is 3.81. The molecule has 0 aromatic heterocycles. The van der Waals surface area contributed by atoms with Crippen molar-refractivity contribution in [3.05, 3.63) is 0 Å². The molecule has 0 atom stereocenters. The predicted molar refractivity (Wildman–Crippen MR) is 77.7 cm³/mol. The van der Waals surface area contributed by atoms with E-state index in [0.717, 1.165) is 5.06 Å². The smallest absolute Gasteiger partial charge is 0.331 e. The van der Waals surface area contributed by atoms with Gasteiger partial charge in [0.2, 0.25) is 5.91 Å². The fraction of sp³-hybridized carbons (Fsp3) is 0.867. The summed E-state index contributed by atoms with van der Waals surface area (Å²) in [5.41, 5.74) is -2.68. The number of hydrogen-bond donors (Lipinski definition) is 1. The standard InChI is InChI=1S/C15H27N2O4/c1-7-8-21-12(19)15(16-11(2)18)9-13(3,4)17(20)14(5,6)10-15/h7-10H2,1-6H3,(H,16,18). The van der Waals surface area contributed by atoms with Gasteiger partial charge in [-0.15, -0.1) is 10.3 Å². The zero-order chi connectivity index (χ0) is 16.5. The summed E-state index contributed by atoms with van der Waals surface area (Å²) in [4.78, 5) is 24.1. The number of esters is 1. The van der Waals surface area contributed by atoms with Crippen LogP contribution < -0.4 is 5.32 Å². The average Bonchev–Trinajstić information content (AvgIpc) is 2.31. The van der Waals surface area contributed by atoms with Crippen molar-refractivity contribution in [1.82, 2.24) is 10.4 Å². The highest BCUT2D eigenvalue weighted by Gasteiger charge is 2.57. The molecule has 1 amide bonds. The molecule has 0 saturated carbocycles. The van der Waals surface area contributed by atoms with Gasteiger partial charge in [-0.2, -0.15) is 0 Å². The van der Waals surface area contributed by atoms with Gasteiger partial charge >= 0.3 is 5.97 Å². The van der Waals surface area contributed by atoms with Crippen LogP contribution in [0.5, 0.6) is 0 Å². The summed E-state index contributed by atoms with van der Waals surface area (Å²) in [6.45, 7) is 10.7. The summed E-state index contributed by atoms with van der Waals surface area (Å²) < 4.78 is 5.28. The fourth-order valence-corrected chi connectivity index (χ4v) is 3.46. The summed E-state index contributed by atoms with van der Waals surface area (Å²) in [6, 6.07) is 0. The minimum atomic E-state index is -1.14. The van der Waals surface area contributed by atoms with E-state index in [1.165, 1.54) is 6.92 Å². The molecule has 1 radical (unpaired) electrons. The normalized spacial score (nSPS) is 23.4. The summed E-state index contributed by atoms with van der Waals surface area (Å²) in [5.74, 6) is -0.747. The Balaban J connectivity index is 3.18. The van der Waals surface area contributed by atoms with Crippen molar-refractivity contribution in [1.29, 1.82) is 0 Å². The molecule has 0 aromatic rings. The van der Waals surface area contributed by atoms with Gasteiger partial charge in [0.15, 0.2) is 0 Å². The summed E-state index contributed by atoms with van der Waals surface area (Å²) in [6.07, 6.45) is 1.17. The van der Waals surface area contributed by atoms with Gasteiger partial charge in [0.25, 0.3) is 0 Å². The number of ether oxygens (including phenoxy) is 1. The van der Waals surface area contributed by atoms with Gasteiger partial charge in [-0.25, -0.2) is 4.79 Å². The molecule has 0 aliphatic carbocycles. The molecule has 121 valence electrons. The van der Waals surface area contributed by atoms with Gasteiger partial charge in [-0.3, -0.25) is 4.79 Å². The van der Waals surface area contributed by atoms with E-state index in [1.807, 2.05) is 6.92 Å². The van der Waals surface area contributed by atoms with Crippen molar-refractivity contribution in [3.8, 4) is 0 Å². The van der Waals surface area contributed by atoms with Gasteiger partial charge in [0.05, 0.1) is 6.61 Å². The van der Waals surface area contributed by atoms with E-state index in [0.29, 0.717) is 13.0 Å². The number of hydrogen-bond acceptors (Lipinski definition) is 4. The van der Waals surface area contributed by atoms with Crippen LogP contribution in [0.1, 0.15) is 60.8 Å². The second kappa shape index (κ2) is 5.93. The number of nitrogens with one attached hydrogen (secondary N) is 1. The largest absolute Gasteiger partial charge is 0.464 e. The first-order chi connectivity index (χ1) is 9.47. The highest BCUT2D eigenvalue weighted by Crippen LogP contribution is 2.43. The van der Waals surface area contributed by atoms with Crippen molar-refractivity contribution in [2.45, 2.75) is 77.4 Å². The van der Waals surface area contributed by atoms with Crippen LogP contribution in [0.15, 0.2) is 0 Å². The maximum atomic E-state index is 12.5. The van der Waals surface area contributed by atoms with Crippen LogP contribution in [0.2, 0.25) is 0 Å². The Bertz CT molecular complexity index is 400. The molecule has 1 saturated heterocycles. The van der Waals surface area contributed by atoms with E-state index in [-0.39, 0.29) is 18.7 Å². The van der Waals surface area contributed by atoms with Crippen LogP contribution >= 0.6 is 0 Å². The van der Waals surface area contributed by atoms with Crippen molar-refractivity contribution in [2.75, 3.05) is 6.61 Å². The molecule has 0 aromatic carbocycles. The van der Waals surface area contributed by atoms with E-state index in [2.05, 4.69) is 5.32 Å². The topological polar surface area (TPSA) is 78.5 Å². The minimum Gasteiger partial charge on any atom is -0.464 e. The molecule has 1 aliphatic rings. The Labute approximate surface area is 126 Å². The second-order valence-corrected chi connectivity index (χ2v) is 7.17. The Morgan fingerprint density at radius 3 is 2.00 bits per heavy atom. The Kier molecular flexibility index (Phi) is 5.05. The molecular weight excluding hydrogens is 272 g/mol. The lowest BCUT2D eigenvalue weighted by Gasteiger charge is -2.54. The highest BCUT2D eigenvalue weighted by atomic mass is 16.5. The number of nitrogens with zero attached hydrogens (tertiary/aromatic N) is 1. The molecule has 1 fully saturated rings. The van der Waals surface area contributed by atoms with Crippen LogP contribution in [-0.4, -0.2) is 40.2 Å². The van der Waals surface area contributed by atoms with Crippen LogP contribution in [0.25, 0.3) is 0 Å². The first-order valence-corrected chi connectivity index (χ1v) is 7.40. The lowest BCUT2D eigenvalue weighted by Crippen LogP contribution is -2.70. The van der Waals surface area contributed by atoms with Crippen molar-refractivity contribution in [2.24, 2.45) is 0 Å². The minimum absolute atomic E-state index is 0.231. The van der Waals surface area contributed by atoms with E-state index >= 15 is 0 Å². The molecule has 0 spiro atoms. The quantitative estimate of drug-likeness (QED) is 0.803. The molecule has 1 heterocycles. The van der Waals surface area contributed by atoms with Gasteiger partial charge in [-0.05, 0) is 34.1 Å². The molecular formula is C15H27N2O4. The van der Waals surface area contributed by atoms with E-state index in [9.17, 15) is 14.8 Å². The monoisotopic (exact) mass is 299 g/mol. The van der Waals surface area contributed by atoms with E-state index < -0.39 is 22.6 Å². The summed E-state index contributed by atoms with van der Waals surface area (Å²) in [7, 11) is 0. The number of amides is 1. The Hall–Kier alpha value is -1.14.